The Hall–Kier alpha value is -3.54. The molecule has 2 amide bonds. The Morgan fingerprint density at radius 1 is 1.00 bits per heavy atom. The van der Waals surface area contributed by atoms with E-state index in [1.807, 2.05) is 94.4 Å². The Balaban J connectivity index is 1.96. The third-order valence-corrected chi connectivity index (χ3v) is 5.19. The Kier molecular flexibility index (Phi) is 7.36. The lowest BCUT2D eigenvalue weighted by Crippen LogP contribution is -2.31. The molecule has 2 aromatic carbocycles. The van der Waals surface area contributed by atoms with Crippen molar-refractivity contribution in [3.63, 3.8) is 0 Å². The number of aryl methyl sites for hydroxylation is 1. The lowest BCUT2D eigenvalue weighted by atomic mass is 10.1. The summed E-state index contributed by atoms with van der Waals surface area (Å²) in [6, 6.07) is 17.1. The molecule has 6 heteroatoms. The Morgan fingerprint density at radius 3 is 2.41 bits per heavy atom. The van der Waals surface area contributed by atoms with Gasteiger partial charge in [0.05, 0.1) is 12.8 Å². The number of furan rings is 1. The van der Waals surface area contributed by atoms with Crippen LogP contribution in [0.4, 0.5) is 11.4 Å². The van der Waals surface area contributed by atoms with Gasteiger partial charge in [0.1, 0.15) is 5.76 Å². The van der Waals surface area contributed by atoms with Crippen molar-refractivity contribution in [3.05, 3.63) is 83.3 Å². The molecule has 1 N–H and O–H groups in total. The van der Waals surface area contributed by atoms with Crippen LogP contribution < -0.4 is 10.2 Å². The van der Waals surface area contributed by atoms with E-state index in [9.17, 15) is 9.59 Å². The lowest BCUT2D eigenvalue weighted by molar-refractivity contribution is -0.118. The lowest BCUT2D eigenvalue weighted by Gasteiger charge is -2.26. The number of anilines is 2. The first-order valence-corrected chi connectivity index (χ1v) is 10.7. The molecule has 3 aromatic rings. The molecule has 0 bridgehead atoms. The van der Waals surface area contributed by atoms with Crippen molar-refractivity contribution in [3.8, 4) is 0 Å². The number of hydrogen-bond donors (Lipinski definition) is 1. The van der Waals surface area contributed by atoms with Crippen LogP contribution in [0.25, 0.3) is 0 Å². The third-order valence-electron chi connectivity index (χ3n) is 5.19. The summed E-state index contributed by atoms with van der Waals surface area (Å²) in [4.78, 5) is 29.4. The normalized spacial score (nSPS) is 10.8. The van der Waals surface area contributed by atoms with E-state index in [4.69, 9.17) is 4.42 Å². The van der Waals surface area contributed by atoms with Crippen LogP contribution >= 0.6 is 0 Å². The first-order chi connectivity index (χ1) is 15.2. The minimum Gasteiger partial charge on any atom is -0.467 e. The van der Waals surface area contributed by atoms with Gasteiger partial charge in [0.2, 0.25) is 5.91 Å². The zero-order valence-corrected chi connectivity index (χ0v) is 19.4. The molecule has 168 valence electrons. The highest BCUT2D eigenvalue weighted by molar-refractivity contribution is 5.95. The van der Waals surface area contributed by atoms with E-state index in [2.05, 4.69) is 5.32 Å². The van der Waals surface area contributed by atoms with E-state index < -0.39 is 0 Å². The molecule has 0 aliphatic heterocycles. The minimum atomic E-state index is -0.120. The molecule has 0 aliphatic carbocycles. The van der Waals surface area contributed by atoms with Crippen molar-refractivity contribution in [1.29, 1.82) is 0 Å². The van der Waals surface area contributed by atoms with Crippen molar-refractivity contribution in [2.45, 2.75) is 33.9 Å². The van der Waals surface area contributed by atoms with E-state index in [1.54, 1.807) is 11.2 Å². The Morgan fingerprint density at radius 2 is 1.78 bits per heavy atom. The Bertz CT molecular complexity index is 1070. The van der Waals surface area contributed by atoms with E-state index >= 15 is 0 Å². The van der Waals surface area contributed by atoms with Crippen LogP contribution in [0.15, 0.2) is 65.3 Å². The zero-order chi connectivity index (χ0) is 23.3. The summed E-state index contributed by atoms with van der Waals surface area (Å²) in [6.07, 6.45) is 1.61. The molecule has 0 fully saturated rings. The molecule has 0 aliphatic rings. The standard InChI is InChI=1S/C26H31N3O3/c1-18(2)25(30)27-22-11-12-24(28(4)5)21(15-22)16-29(17-23-10-7-13-32-23)26(31)20-9-6-8-19(3)14-20/h6-15,18H,16-17H2,1-5H3,(H,27,30). The predicted molar refractivity (Wildman–Crippen MR) is 128 cm³/mol. The van der Waals surface area contributed by atoms with Gasteiger partial charge in [-0.1, -0.05) is 31.5 Å². The first-order valence-electron chi connectivity index (χ1n) is 10.7. The van der Waals surface area contributed by atoms with Crippen molar-refractivity contribution in [2.75, 3.05) is 24.3 Å². The van der Waals surface area contributed by atoms with Crippen LogP contribution in [0.5, 0.6) is 0 Å². The maximum atomic E-state index is 13.5. The second-order valence-corrected chi connectivity index (χ2v) is 8.49. The highest BCUT2D eigenvalue weighted by atomic mass is 16.3. The number of nitrogens with zero attached hydrogens (tertiary/aromatic N) is 2. The van der Waals surface area contributed by atoms with Crippen LogP contribution in [0, 0.1) is 12.8 Å². The highest BCUT2D eigenvalue weighted by Gasteiger charge is 2.20. The van der Waals surface area contributed by atoms with E-state index in [0.717, 1.165) is 16.8 Å². The fourth-order valence-electron chi connectivity index (χ4n) is 3.47. The molecule has 0 saturated carbocycles. The number of rotatable bonds is 8. The van der Waals surface area contributed by atoms with Gasteiger partial charge >= 0.3 is 0 Å². The first kappa shape index (κ1) is 23.1. The molecule has 0 unspecified atom stereocenters. The monoisotopic (exact) mass is 433 g/mol. The van der Waals surface area contributed by atoms with Gasteiger partial charge in [0, 0.05) is 43.5 Å². The number of amides is 2. The molecule has 1 heterocycles. The molecule has 0 spiro atoms. The van der Waals surface area contributed by atoms with Crippen LogP contribution in [0.3, 0.4) is 0 Å². The van der Waals surface area contributed by atoms with Gasteiger partial charge in [0.25, 0.3) is 5.91 Å². The van der Waals surface area contributed by atoms with Gasteiger partial charge < -0.3 is 19.5 Å². The molecule has 32 heavy (non-hydrogen) atoms. The van der Waals surface area contributed by atoms with Crippen LogP contribution in [-0.2, 0) is 17.9 Å². The number of nitrogens with one attached hydrogen (secondary N) is 1. The fourth-order valence-corrected chi connectivity index (χ4v) is 3.47. The van der Waals surface area contributed by atoms with Gasteiger partial charge in [-0.15, -0.1) is 0 Å². The second-order valence-electron chi connectivity index (χ2n) is 8.49. The molecule has 0 radical (unpaired) electrons. The van der Waals surface area contributed by atoms with Crippen molar-refractivity contribution in [1.82, 2.24) is 4.90 Å². The second kappa shape index (κ2) is 10.2. The van der Waals surface area contributed by atoms with Crippen molar-refractivity contribution in [2.24, 2.45) is 5.92 Å². The molecular weight excluding hydrogens is 402 g/mol. The number of benzene rings is 2. The summed E-state index contributed by atoms with van der Waals surface area (Å²) >= 11 is 0. The van der Waals surface area contributed by atoms with Crippen LogP contribution in [-0.4, -0.2) is 30.8 Å². The molecule has 6 nitrogen and oxygen atoms in total. The topological polar surface area (TPSA) is 65.8 Å². The summed E-state index contributed by atoms with van der Waals surface area (Å²) < 4.78 is 5.53. The van der Waals surface area contributed by atoms with Gasteiger partial charge in [-0.05, 0) is 55.0 Å². The number of carbonyl (C=O) groups is 2. The van der Waals surface area contributed by atoms with Crippen LogP contribution in [0.2, 0.25) is 0 Å². The molecule has 3 rings (SSSR count). The SMILES string of the molecule is Cc1cccc(C(=O)N(Cc2ccco2)Cc2cc(NC(=O)C(C)C)ccc2N(C)C)c1. The van der Waals surface area contributed by atoms with Gasteiger partial charge in [0.15, 0.2) is 0 Å². The van der Waals surface area contributed by atoms with E-state index in [-0.39, 0.29) is 17.7 Å². The van der Waals surface area contributed by atoms with Crippen molar-refractivity contribution < 1.29 is 14.0 Å². The van der Waals surface area contributed by atoms with Gasteiger partial charge in [-0.2, -0.15) is 0 Å². The van der Waals surface area contributed by atoms with Gasteiger partial charge in [-0.25, -0.2) is 0 Å². The third kappa shape index (κ3) is 5.78. The van der Waals surface area contributed by atoms with E-state index in [1.165, 1.54) is 0 Å². The summed E-state index contributed by atoms with van der Waals surface area (Å²) in [5, 5.41) is 2.96. The highest BCUT2D eigenvalue weighted by Crippen LogP contribution is 2.26. The minimum absolute atomic E-state index is 0.0446. The maximum Gasteiger partial charge on any atom is 0.254 e. The maximum absolute atomic E-state index is 13.5. The average molecular weight is 434 g/mol. The molecular formula is C26H31N3O3. The smallest absolute Gasteiger partial charge is 0.254 e. The summed E-state index contributed by atoms with van der Waals surface area (Å²) in [6.45, 7) is 6.40. The quantitative estimate of drug-likeness (QED) is 0.537. The van der Waals surface area contributed by atoms with Crippen molar-refractivity contribution >= 4 is 23.2 Å². The average Bonchev–Trinajstić information content (AvgIpc) is 3.25. The molecule has 0 saturated heterocycles. The number of carbonyl (C=O) groups excluding carboxylic acids is 2. The fraction of sp³-hybridized carbons (Fsp3) is 0.308. The molecule has 1 aromatic heterocycles. The van der Waals surface area contributed by atoms with Gasteiger partial charge in [-0.3, -0.25) is 9.59 Å². The Labute approximate surface area is 189 Å². The van der Waals surface area contributed by atoms with Crippen LogP contribution in [0.1, 0.15) is 41.1 Å². The molecule has 0 atom stereocenters. The number of hydrogen-bond acceptors (Lipinski definition) is 4. The summed E-state index contributed by atoms with van der Waals surface area (Å²) in [7, 11) is 3.93. The summed E-state index contributed by atoms with van der Waals surface area (Å²) in [5.41, 5.74) is 4.29. The zero-order valence-electron chi connectivity index (χ0n) is 19.4. The van der Waals surface area contributed by atoms with E-state index in [0.29, 0.717) is 30.1 Å². The summed E-state index contributed by atoms with van der Waals surface area (Å²) in [5.74, 6) is 0.468. The largest absolute Gasteiger partial charge is 0.467 e. The predicted octanol–water partition coefficient (Wildman–Crippen LogP) is 5.09.